The van der Waals surface area contributed by atoms with E-state index >= 15 is 0 Å². The van der Waals surface area contributed by atoms with Crippen molar-refractivity contribution in [3.63, 3.8) is 0 Å². The molecule has 0 bridgehead atoms. The molecule has 4 aliphatic rings. The molecule has 4 aliphatic heterocycles. The minimum Gasteiger partial charge on any atom is -0.496 e. The number of fused-ring (bicyclic) bond motifs is 1. The Morgan fingerprint density at radius 2 is 0.726 bits per heavy atom. The van der Waals surface area contributed by atoms with Gasteiger partial charge in [-0.2, -0.15) is 0 Å². The SMILES string of the molecule is COc1cc(OC)c2c(c1)O[C@H](c1ccc(OC)c(OC)c1)[C@@H](O)[C@H]2c1c(OC)cc2c3c1O[C@@H](c1ccc(OC)c(OC)c1)[C@H](O)[C@H]3O[C@H]1c3c(cc(OC)cc3O[C@@H](c3ccc(OC)c(OC)c3)[C@@H]1O)O2. The van der Waals surface area contributed by atoms with Crippen molar-refractivity contribution in [2.24, 2.45) is 0 Å². The molecule has 0 fully saturated rings. The minimum absolute atomic E-state index is 0.134. The van der Waals surface area contributed by atoms with Crippen molar-refractivity contribution in [2.45, 2.75) is 54.7 Å². The zero-order valence-electron chi connectivity index (χ0n) is 41.7. The molecule has 3 N–H and O–H groups in total. The van der Waals surface area contributed by atoms with Gasteiger partial charge in [0.05, 0.1) is 88.1 Å². The van der Waals surface area contributed by atoms with Crippen LogP contribution in [0.15, 0.2) is 84.9 Å². The van der Waals surface area contributed by atoms with Gasteiger partial charge in [0.1, 0.15) is 82.3 Å². The summed E-state index contributed by atoms with van der Waals surface area (Å²) in [4.78, 5) is 0. The Morgan fingerprint density at radius 1 is 0.329 bits per heavy atom. The van der Waals surface area contributed by atoms with Crippen LogP contribution in [0.3, 0.4) is 0 Å². The summed E-state index contributed by atoms with van der Waals surface area (Å²) >= 11 is 0. The minimum atomic E-state index is -1.50. The highest BCUT2D eigenvalue weighted by molar-refractivity contribution is 5.69. The maximum absolute atomic E-state index is 13.1. The van der Waals surface area contributed by atoms with E-state index in [1.807, 2.05) is 0 Å². The first-order valence-electron chi connectivity index (χ1n) is 23.2. The van der Waals surface area contributed by atoms with Crippen LogP contribution >= 0.6 is 0 Å². The van der Waals surface area contributed by atoms with Gasteiger partial charge in [-0.25, -0.2) is 0 Å². The largest absolute Gasteiger partial charge is 0.496 e. The fourth-order valence-corrected chi connectivity index (χ4v) is 10.4. The first kappa shape index (κ1) is 49.0. The van der Waals surface area contributed by atoms with Gasteiger partial charge in [-0.15, -0.1) is 0 Å². The molecule has 0 amide bonds. The third-order valence-electron chi connectivity index (χ3n) is 13.9. The smallest absolute Gasteiger partial charge is 0.161 e. The predicted octanol–water partition coefficient (Wildman–Crippen LogP) is 8.29. The Balaban J connectivity index is 1.24. The van der Waals surface area contributed by atoms with E-state index in [0.29, 0.717) is 96.6 Å². The van der Waals surface area contributed by atoms with E-state index in [-0.39, 0.29) is 28.6 Å². The molecule has 0 radical (unpaired) electrons. The van der Waals surface area contributed by atoms with Gasteiger partial charge in [0, 0.05) is 41.5 Å². The van der Waals surface area contributed by atoms with Gasteiger partial charge in [-0.05, 0) is 53.1 Å². The lowest BCUT2D eigenvalue weighted by atomic mass is 9.76. The second kappa shape index (κ2) is 19.8. The van der Waals surface area contributed by atoms with Crippen molar-refractivity contribution in [3.05, 3.63) is 124 Å². The van der Waals surface area contributed by atoms with E-state index in [0.717, 1.165) is 0 Å². The molecular weight excluding hydrogens is 949 g/mol. The first-order chi connectivity index (χ1) is 35.4. The van der Waals surface area contributed by atoms with Crippen LogP contribution in [-0.2, 0) is 4.74 Å². The van der Waals surface area contributed by atoms with E-state index in [4.69, 9.17) is 71.1 Å². The number of hydrogen-bond donors (Lipinski definition) is 3. The molecular formula is C55H56O18. The lowest BCUT2D eigenvalue weighted by Gasteiger charge is -2.46. The normalized spacial score (nSPS) is 23.1. The number of benzene rings is 6. The summed E-state index contributed by atoms with van der Waals surface area (Å²) in [6.45, 7) is 0. The number of hydrogen-bond acceptors (Lipinski definition) is 18. The fraction of sp³-hybridized carbons (Fsp3) is 0.345. The molecule has 10 rings (SSSR count). The number of rotatable bonds is 14. The maximum Gasteiger partial charge on any atom is 0.161 e. The van der Waals surface area contributed by atoms with E-state index in [9.17, 15) is 15.3 Å². The zero-order valence-corrected chi connectivity index (χ0v) is 41.7. The van der Waals surface area contributed by atoms with Crippen molar-refractivity contribution in [2.75, 3.05) is 71.1 Å². The third kappa shape index (κ3) is 8.14. The van der Waals surface area contributed by atoms with E-state index in [1.54, 1.807) is 84.9 Å². The molecule has 6 aromatic carbocycles. The Morgan fingerprint density at radius 3 is 1.21 bits per heavy atom. The number of ether oxygens (including phenoxy) is 15. The predicted molar refractivity (Wildman–Crippen MR) is 261 cm³/mol. The Labute approximate surface area is 421 Å². The maximum atomic E-state index is 13.1. The van der Waals surface area contributed by atoms with Crippen LogP contribution in [0.1, 0.15) is 75.4 Å². The van der Waals surface area contributed by atoms with Crippen LogP contribution in [0.5, 0.6) is 86.2 Å². The Hall–Kier alpha value is -7.64. The molecule has 18 nitrogen and oxygen atoms in total. The highest BCUT2D eigenvalue weighted by Crippen LogP contribution is 2.63. The summed E-state index contributed by atoms with van der Waals surface area (Å²) < 4.78 is 92.5. The molecule has 4 heterocycles. The second-order valence-electron chi connectivity index (χ2n) is 17.5. The standard InChI is InChI=1S/C55H56O18/c1-59-28-20-36(67-9)42-38(21-28)70-50(25-11-14-30(61-3)33(17-25)64-6)47(56)46(42)44-37(68-10)24-41-45-53(44)72-52(27-13-16-32(63-5)35(19-27)66-8)49(58)55(45)73-54-43-39(69-41)22-29(60-2)23-40(43)71-51(48(54)57)26-12-15-31(62-4)34(18-26)65-7/h11-24,46-52,54-58H,1-10H3/t46-,47+,48+,49+,50-,51+,52+,54+,55+/m1/s1. The summed E-state index contributed by atoms with van der Waals surface area (Å²) in [7, 11) is 15.2. The van der Waals surface area contributed by atoms with Crippen molar-refractivity contribution >= 4 is 0 Å². The van der Waals surface area contributed by atoms with Gasteiger partial charge >= 0.3 is 0 Å². The van der Waals surface area contributed by atoms with Gasteiger partial charge in [0.2, 0.25) is 0 Å². The summed E-state index contributed by atoms with van der Waals surface area (Å²) in [5.74, 6) is 3.96. The van der Waals surface area contributed by atoms with Crippen LogP contribution in [0, 0.1) is 0 Å². The molecule has 0 aliphatic carbocycles. The Kier molecular flexibility index (Phi) is 13.3. The average Bonchev–Trinajstić information content (AvgIpc) is 3.42. The monoisotopic (exact) mass is 1000 g/mol. The lowest BCUT2D eigenvalue weighted by molar-refractivity contribution is -0.177. The van der Waals surface area contributed by atoms with E-state index in [2.05, 4.69) is 0 Å². The van der Waals surface area contributed by atoms with Gasteiger partial charge in [0.25, 0.3) is 0 Å². The molecule has 9 atom stereocenters. The number of methoxy groups -OCH3 is 10. The van der Waals surface area contributed by atoms with Gasteiger partial charge in [-0.3, -0.25) is 0 Å². The Bertz CT molecular complexity index is 3050. The number of aliphatic hydroxyl groups is 3. The number of aliphatic hydroxyl groups excluding tert-OH is 3. The average molecular weight is 1010 g/mol. The quantitative estimate of drug-likeness (QED) is 0.0941. The first-order valence-corrected chi connectivity index (χ1v) is 23.2. The molecule has 0 unspecified atom stereocenters. The van der Waals surface area contributed by atoms with Crippen LogP contribution < -0.4 is 66.3 Å². The molecule has 18 heteroatoms. The highest BCUT2D eigenvalue weighted by Gasteiger charge is 2.53. The lowest BCUT2D eigenvalue weighted by Crippen LogP contribution is -2.42. The molecule has 0 aromatic heterocycles. The molecule has 0 saturated carbocycles. The molecule has 0 spiro atoms. The molecule has 6 aromatic rings. The van der Waals surface area contributed by atoms with Crippen LogP contribution in [-0.4, -0.2) is 105 Å². The van der Waals surface area contributed by atoms with Gasteiger partial charge < -0.3 is 86.4 Å². The van der Waals surface area contributed by atoms with E-state index in [1.165, 1.54) is 71.1 Å². The van der Waals surface area contributed by atoms with Gasteiger partial charge in [-0.1, -0.05) is 18.2 Å². The zero-order chi connectivity index (χ0) is 51.4. The third-order valence-corrected chi connectivity index (χ3v) is 13.9. The molecule has 384 valence electrons. The fourth-order valence-electron chi connectivity index (χ4n) is 10.4. The van der Waals surface area contributed by atoms with Crippen LogP contribution in [0.2, 0.25) is 0 Å². The van der Waals surface area contributed by atoms with Crippen molar-refractivity contribution in [3.8, 4) is 86.2 Å². The van der Waals surface area contributed by atoms with Crippen LogP contribution in [0.4, 0.5) is 0 Å². The summed E-state index contributed by atoms with van der Waals surface area (Å²) in [5.41, 5.74) is 2.91. The summed E-state index contributed by atoms with van der Waals surface area (Å²) in [5, 5.41) is 38.8. The topological polar surface area (TPSA) is 199 Å². The molecule has 0 saturated heterocycles. The summed E-state index contributed by atoms with van der Waals surface area (Å²) in [6.07, 6.45) is -10.2. The summed E-state index contributed by atoms with van der Waals surface area (Å²) in [6, 6.07) is 24.0. The highest BCUT2D eigenvalue weighted by atomic mass is 16.6. The van der Waals surface area contributed by atoms with Gasteiger partial charge in [0.15, 0.2) is 52.8 Å². The van der Waals surface area contributed by atoms with Crippen molar-refractivity contribution in [1.82, 2.24) is 0 Å². The molecule has 73 heavy (non-hydrogen) atoms. The van der Waals surface area contributed by atoms with Crippen molar-refractivity contribution < 1.29 is 86.4 Å². The van der Waals surface area contributed by atoms with Crippen LogP contribution in [0.25, 0.3) is 0 Å². The second-order valence-corrected chi connectivity index (χ2v) is 17.5. The van der Waals surface area contributed by atoms with E-state index < -0.39 is 54.7 Å². The van der Waals surface area contributed by atoms with Crippen molar-refractivity contribution in [1.29, 1.82) is 0 Å².